The van der Waals surface area contributed by atoms with E-state index in [1.54, 1.807) is 22.5 Å². The van der Waals surface area contributed by atoms with Crippen molar-refractivity contribution in [3.63, 3.8) is 0 Å². The Bertz CT molecular complexity index is 566. The molecule has 1 aliphatic rings. The maximum atomic E-state index is 12.7. The maximum absolute atomic E-state index is 12.7. The molecular weight excluding hydrogens is 310 g/mol. The molecule has 4 nitrogen and oxygen atoms in total. The van der Waals surface area contributed by atoms with E-state index in [2.05, 4.69) is 0 Å². The van der Waals surface area contributed by atoms with Crippen LogP contribution in [0.1, 0.15) is 38.2 Å². The summed E-state index contributed by atoms with van der Waals surface area (Å²) in [6.07, 6.45) is 4.06. The number of alkyl halides is 1. The summed E-state index contributed by atoms with van der Waals surface area (Å²) in [5.41, 5.74) is 0.717. The van der Waals surface area contributed by atoms with Crippen LogP contribution in [-0.2, 0) is 15.9 Å². The van der Waals surface area contributed by atoms with E-state index < -0.39 is 10.0 Å². The van der Waals surface area contributed by atoms with Crippen LogP contribution >= 0.6 is 11.6 Å². The van der Waals surface area contributed by atoms with Crippen molar-refractivity contribution in [3.05, 3.63) is 23.8 Å². The number of nitrogens with zero attached hydrogens (tertiary/aromatic N) is 1. The largest absolute Gasteiger partial charge is 0.494 e. The first-order valence-corrected chi connectivity index (χ1v) is 9.39. The van der Waals surface area contributed by atoms with Gasteiger partial charge in [-0.15, -0.1) is 11.6 Å². The first-order chi connectivity index (χ1) is 10.1. The van der Waals surface area contributed by atoms with Gasteiger partial charge in [-0.2, -0.15) is 4.31 Å². The molecule has 1 aromatic rings. The molecule has 0 spiro atoms. The molecule has 0 atom stereocenters. The lowest BCUT2D eigenvalue weighted by Gasteiger charge is -2.20. The predicted molar refractivity (Wildman–Crippen MR) is 84.4 cm³/mol. The van der Waals surface area contributed by atoms with Gasteiger partial charge in [0.1, 0.15) is 5.75 Å². The monoisotopic (exact) mass is 331 g/mol. The number of sulfonamides is 1. The van der Waals surface area contributed by atoms with E-state index in [-0.39, 0.29) is 5.88 Å². The Morgan fingerprint density at radius 1 is 1.19 bits per heavy atom. The minimum Gasteiger partial charge on any atom is -0.494 e. The molecule has 1 saturated heterocycles. The van der Waals surface area contributed by atoms with Crippen LogP contribution in [-0.4, -0.2) is 32.4 Å². The van der Waals surface area contributed by atoms with Crippen molar-refractivity contribution < 1.29 is 13.2 Å². The number of hydrogen-bond donors (Lipinski definition) is 0. The minimum absolute atomic E-state index is 0.235. The normalized spacial score (nSPS) is 17.4. The van der Waals surface area contributed by atoms with Crippen LogP contribution in [0.2, 0.25) is 0 Å². The third kappa shape index (κ3) is 3.90. The molecule has 0 N–H and O–H groups in total. The zero-order chi connectivity index (χ0) is 15.3. The quantitative estimate of drug-likeness (QED) is 0.777. The topological polar surface area (TPSA) is 46.6 Å². The zero-order valence-corrected chi connectivity index (χ0v) is 13.9. The molecule has 0 radical (unpaired) electrons. The van der Waals surface area contributed by atoms with Gasteiger partial charge in [-0.25, -0.2) is 8.42 Å². The third-order valence-electron chi connectivity index (χ3n) is 3.68. The summed E-state index contributed by atoms with van der Waals surface area (Å²) < 4.78 is 32.5. The molecule has 0 saturated carbocycles. The van der Waals surface area contributed by atoms with E-state index in [9.17, 15) is 8.42 Å². The summed E-state index contributed by atoms with van der Waals surface area (Å²) in [5.74, 6) is 0.890. The van der Waals surface area contributed by atoms with Crippen LogP contribution in [0.4, 0.5) is 0 Å². The Morgan fingerprint density at radius 2 is 1.86 bits per heavy atom. The van der Waals surface area contributed by atoms with E-state index in [1.165, 1.54) is 0 Å². The maximum Gasteiger partial charge on any atom is 0.243 e. The molecule has 1 fully saturated rings. The van der Waals surface area contributed by atoms with Crippen LogP contribution in [0, 0.1) is 0 Å². The highest BCUT2D eigenvalue weighted by molar-refractivity contribution is 7.89. The second-order valence-electron chi connectivity index (χ2n) is 5.15. The highest BCUT2D eigenvalue weighted by Gasteiger charge is 2.25. The summed E-state index contributed by atoms with van der Waals surface area (Å²) in [5, 5.41) is 0. The van der Waals surface area contributed by atoms with Crippen LogP contribution < -0.4 is 4.74 Å². The van der Waals surface area contributed by atoms with Crippen LogP contribution in [0.5, 0.6) is 5.75 Å². The lowest BCUT2D eigenvalue weighted by molar-refractivity contribution is 0.337. The van der Waals surface area contributed by atoms with E-state index in [0.29, 0.717) is 30.3 Å². The van der Waals surface area contributed by atoms with Gasteiger partial charge in [-0.1, -0.05) is 12.8 Å². The van der Waals surface area contributed by atoms with E-state index in [0.717, 1.165) is 31.2 Å². The summed E-state index contributed by atoms with van der Waals surface area (Å²) in [7, 11) is -3.43. The average molecular weight is 332 g/mol. The number of ether oxygens (including phenoxy) is 1. The van der Waals surface area contributed by atoms with E-state index in [1.807, 2.05) is 6.92 Å². The third-order valence-corrected chi connectivity index (χ3v) is 5.86. The highest BCUT2D eigenvalue weighted by atomic mass is 35.5. The molecule has 21 heavy (non-hydrogen) atoms. The highest BCUT2D eigenvalue weighted by Crippen LogP contribution is 2.27. The smallest absolute Gasteiger partial charge is 0.243 e. The molecule has 0 aliphatic carbocycles. The Labute approximate surface area is 132 Å². The fourth-order valence-corrected chi connectivity index (χ4v) is 4.33. The second kappa shape index (κ2) is 7.47. The fraction of sp³-hybridized carbons (Fsp3) is 0.600. The van der Waals surface area contributed by atoms with Crippen molar-refractivity contribution in [2.45, 2.75) is 43.4 Å². The number of benzene rings is 1. The number of hydrogen-bond acceptors (Lipinski definition) is 3. The molecule has 6 heteroatoms. The molecule has 118 valence electrons. The van der Waals surface area contributed by atoms with Gasteiger partial charge in [-0.05, 0) is 38.0 Å². The van der Waals surface area contributed by atoms with Crippen molar-refractivity contribution >= 4 is 21.6 Å². The second-order valence-corrected chi connectivity index (χ2v) is 7.36. The zero-order valence-electron chi connectivity index (χ0n) is 12.3. The van der Waals surface area contributed by atoms with Gasteiger partial charge < -0.3 is 4.74 Å². The summed E-state index contributed by atoms with van der Waals surface area (Å²) >= 11 is 5.91. The molecule has 0 bridgehead atoms. The van der Waals surface area contributed by atoms with Crippen LogP contribution in [0.3, 0.4) is 0 Å². The van der Waals surface area contributed by atoms with Gasteiger partial charge >= 0.3 is 0 Å². The fourth-order valence-electron chi connectivity index (χ4n) is 2.55. The van der Waals surface area contributed by atoms with Crippen molar-refractivity contribution in [1.82, 2.24) is 4.31 Å². The molecule has 1 aliphatic heterocycles. The summed E-state index contributed by atoms with van der Waals surface area (Å²) in [4.78, 5) is 0.309. The van der Waals surface area contributed by atoms with Gasteiger partial charge in [0.25, 0.3) is 0 Å². The molecule has 0 amide bonds. The SMILES string of the molecule is CCOc1ccc(S(=O)(=O)N2CCCCCC2)cc1CCl. The van der Waals surface area contributed by atoms with E-state index in [4.69, 9.17) is 16.3 Å². The van der Waals surface area contributed by atoms with Crippen molar-refractivity contribution in [2.75, 3.05) is 19.7 Å². The van der Waals surface area contributed by atoms with Crippen molar-refractivity contribution in [1.29, 1.82) is 0 Å². The molecule has 0 unspecified atom stereocenters. The van der Waals surface area contributed by atoms with Crippen molar-refractivity contribution in [2.24, 2.45) is 0 Å². The summed E-state index contributed by atoms with van der Waals surface area (Å²) in [6, 6.07) is 4.95. The first kappa shape index (κ1) is 16.6. The van der Waals surface area contributed by atoms with Gasteiger partial charge in [0, 0.05) is 18.7 Å². The summed E-state index contributed by atoms with van der Waals surface area (Å²) in [6.45, 7) is 3.62. The Hall–Kier alpha value is -0.780. The average Bonchev–Trinajstić information content (AvgIpc) is 2.77. The molecule has 0 aromatic heterocycles. The van der Waals surface area contributed by atoms with Crippen molar-refractivity contribution in [3.8, 4) is 5.75 Å². The van der Waals surface area contributed by atoms with Gasteiger partial charge in [0.2, 0.25) is 10.0 Å². The molecular formula is C15H22ClNO3S. The molecule has 2 rings (SSSR count). The van der Waals surface area contributed by atoms with Gasteiger partial charge in [0.15, 0.2) is 0 Å². The lowest BCUT2D eigenvalue weighted by Crippen LogP contribution is -2.32. The Morgan fingerprint density at radius 3 is 2.43 bits per heavy atom. The lowest BCUT2D eigenvalue weighted by atomic mass is 10.2. The van der Waals surface area contributed by atoms with Gasteiger partial charge in [0.05, 0.1) is 17.4 Å². The number of halogens is 1. The Kier molecular flexibility index (Phi) is 5.90. The predicted octanol–water partition coefficient (Wildman–Crippen LogP) is 3.39. The standard InChI is InChI=1S/C15H22ClNO3S/c1-2-20-15-8-7-14(11-13(15)12-16)21(18,19)17-9-5-3-4-6-10-17/h7-8,11H,2-6,9-10,12H2,1H3. The van der Waals surface area contributed by atoms with Gasteiger partial charge in [-0.3, -0.25) is 0 Å². The minimum atomic E-state index is -3.43. The number of rotatable bonds is 5. The molecule has 1 heterocycles. The Balaban J connectivity index is 2.30. The molecule has 1 aromatic carbocycles. The van der Waals surface area contributed by atoms with E-state index >= 15 is 0 Å². The first-order valence-electron chi connectivity index (χ1n) is 7.41. The van der Waals surface area contributed by atoms with Crippen LogP contribution in [0.25, 0.3) is 0 Å². The van der Waals surface area contributed by atoms with Crippen LogP contribution in [0.15, 0.2) is 23.1 Å².